The second-order valence-electron chi connectivity index (χ2n) is 6.86. The fraction of sp³-hybridized carbons (Fsp3) is 0.182. The second-order valence-corrected chi connectivity index (χ2v) is 6.86. The number of carboxylic acids is 1. The summed E-state index contributed by atoms with van der Waals surface area (Å²) in [6, 6.07) is 13.0. The minimum atomic E-state index is -0.920. The molecule has 0 saturated heterocycles. The molecule has 0 bridgehead atoms. The van der Waals surface area contributed by atoms with Crippen molar-refractivity contribution in [2.75, 3.05) is 0 Å². The highest BCUT2D eigenvalue weighted by Crippen LogP contribution is 2.32. The first kappa shape index (κ1) is 21.2. The molecule has 30 heavy (non-hydrogen) atoms. The standard InChI is InChI=1S/C22H23FN4O3/c23-16-2-5-18(14(10-16)11-24)20-7-3-17(4-8-21(28)29)27(20)19-6-1-13(22(26)30)9-15(19)12-25/h1-3,5-7,9-10H,4,8,11-12,24-25H2,(H2,26,30)(H,28,29). The van der Waals surface area contributed by atoms with Crippen LogP contribution >= 0.6 is 0 Å². The van der Waals surface area contributed by atoms with Gasteiger partial charge in [-0.2, -0.15) is 0 Å². The van der Waals surface area contributed by atoms with Crippen LogP contribution in [0.15, 0.2) is 48.5 Å². The molecule has 1 amide bonds. The van der Waals surface area contributed by atoms with Crippen LogP contribution < -0.4 is 17.2 Å². The molecule has 0 aliphatic carbocycles. The maximum absolute atomic E-state index is 13.7. The molecule has 156 valence electrons. The molecule has 1 aromatic heterocycles. The van der Waals surface area contributed by atoms with Gasteiger partial charge in [-0.25, -0.2) is 4.39 Å². The van der Waals surface area contributed by atoms with Crippen LogP contribution in [0.4, 0.5) is 4.39 Å². The van der Waals surface area contributed by atoms with Crippen LogP contribution in [0.1, 0.15) is 33.6 Å². The lowest BCUT2D eigenvalue weighted by Crippen LogP contribution is -2.15. The number of nitrogens with zero attached hydrogens (tertiary/aromatic N) is 1. The van der Waals surface area contributed by atoms with E-state index in [1.807, 2.05) is 16.7 Å². The molecule has 0 aliphatic rings. The summed E-state index contributed by atoms with van der Waals surface area (Å²) in [5, 5.41) is 9.13. The third-order valence-electron chi connectivity index (χ3n) is 4.94. The lowest BCUT2D eigenvalue weighted by atomic mass is 10.0. The Kier molecular flexibility index (Phi) is 6.29. The summed E-state index contributed by atoms with van der Waals surface area (Å²) in [5.41, 5.74) is 21.6. The van der Waals surface area contributed by atoms with E-state index in [0.29, 0.717) is 22.4 Å². The summed E-state index contributed by atoms with van der Waals surface area (Å²) in [7, 11) is 0. The molecule has 0 atom stereocenters. The number of primary amides is 1. The van der Waals surface area contributed by atoms with E-state index < -0.39 is 17.7 Å². The predicted octanol–water partition coefficient (Wildman–Crippen LogP) is 2.32. The fourth-order valence-electron chi connectivity index (χ4n) is 3.51. The summed E-state index contributed by atoms with van der Waals surface area (Å²) in [6.45, 7) is 0.271. The number of carboxylic acid groups (broad SMARTS) is 1. The molecule has 8 heteroatoms. The van der Waals surface area contributed by atoms with Crippen molar-refractivity contribution in [2.45, 2.75) is 25.9 Å². The Bertz CT molecular complexity index is 1110. The van der Waals surface area contributed by atoms with E-state index in [0.717, 1.165) is 17.0 Å². The highest BCUT2D eigenvalue weighted by Gasteiger charge is 2.18. The first-order valence-corrected chi connectivity index (χ1v) is 9.40. The number of amides is 1. The van der Waals surface area contributed by atoms with Crippen molar-refractivity contribution in [2.24, 2.45) is 17.2 Å². The highest BCUT2D eigenvalue weighted by molar-refractivity contribution is 5.93. The minimum Gasteiger partial charge on any atom is -0.481 e. The number of aliphatic carboxylic acids is 1. The van der Waals surface area contributed by atoms with Crippen molar-refractivity contribution in [3.05, 3.63) is 76.7 Å². The van der Waals surface area contributed by atoms with E-state index in [1.54, 1.807) is 24.3 Å². The number of hydrogen-bond donors (Lipinski definition) is 4. The minimum absolute atomic E-state index is 0.0616. The van der Waals surface area contributed by atoms with E-state index in [4.69, 9.17) is 22.3 Å². The van der Waals surface area contributed by atoms with Gasteiger partial charge >= 0.3 is 5.97 Å². The van der Waals surface area contributed by atoms with Gasteiger partial charge in [0.25, 0.3) is 0 Å². The molecular formula is C22H23FN4O3. The third kappa shape index (κ3) is 4.24. The Morgan fingerprint density at radius 1 is 0.967 bits per heavy atom. The number of carbonyl (C=O) groups excluding carboxylic acids is 1. The number of carbonyl (C=O) groups is 2. The van der Waals surface area contributed by atoms with E-state index in [2.05, 4.69) is 0 Å². The Morgan fingerprint density at radius 3 is 2.33 bits per heavy atom. The Hall–Kier alpha value is -3.49. The predicted molar refractivity (Wildman–Crippen MR) is 111 cm³/mol. The Labute approximate surface area is 172 Å². The molecule has 1 heterocycles. The third-order valence-corrected chi connectivity index (χ3v) is 4.94. The SMILES string of the molecule is NCc1cc(F)ccc1-c1ccc(CCC(=O)O)n1-c1ccc(C(N)=O)cc1CN. The highest BCUT2D eigenvalue weighted by atomic mass is 19.1. The first-order valence-electron chi connectivity index (χ1n) is 9.40. The molecule has 2 aromatic carbocycles. The Morgan fingerprint density at radius 2 is 1.70 bits per heavy atom. The molecule has 7 N–H and O–H groups in total. The molecule has 0 fully saturated rings. The van der Waals surface area contributed by atoms with E-state index in [1.165, 1.54) is 12.1 Å². The van der Waals surface area contributed by atoms with Crippen LogP contribution in [0.2, 0.25) is 0 Å². The molecule has 0 unspecified atom stereocenters. The van der Waals surface area contributed by atoms with E-state index in [9.17, 15) is 14.0 Å². The topological polar surface area (TPSA) is 137 Å². The zero-order chi connectivity index (χ0) is 21.8. The lowest BCUT2D eigenvalue weighted by Gasteiger charge is -2.19. The summed E-state index contributed by atoms with van der Waals surface area (Å²) in [4.78, 5) is 22.7. The van der Waals surface area contributed by atoms with Crippen LogP contribution in [-0.2, 0) is 24.3 Å². The van der Waals surface area contributed by atoms with Crippen LogP contribution in [-0.4, -0.2) is 21.6 Å². The number of halogens is 1. The van der Waals surface area contributed by atoms with Crippen LogP contribution in [0.25, 0.3) is 16.9 Å². The van der Waals surface area contributed by atoms with Crippen molar-refractivity contribution < 1.29 is 19.1 Å². The number of aromatic nitrogens is 1. The van der Waals surface area contributed by atoms with Crippen molar-refractivity contribution in [1.29, 1.82) is 0 Å². The van der Waals surface area contributed by atoms with E-state index in [-0.39, 0.29) is 25.9 Å². The van der Waals surface area contributed by atoms with Crippen molar-refractivity contribution in [3.8, 4) is 16.9 Å². The summed E-state index contributed by atoms with van der Waals surface area (Å²) < 4.78 is 15.6. The van der Waals surface area contributed by atoms with Gasteiger partial charge in [-0.15, -0.1) is 0 Å². The van der Waals surface area contributed by atoms with Crippen molar-refractivity contribution in [1.82, 2.24) is 4.57 Å². The first-order chi connectivity index (χ1) is 14.3. The molecule has 7 nitrogen and oxygen atoms in total. The van der Waals surface area contributed by atoms with Crippen LogP contribution in [0.3, 0.4) is 0 Å². The number of aryl methyl sites for hydroxylation is 1. The van der Waals surface area contributed by atoms with Gasteiger partial charge in [0.05, 0.1) is 17.8 Å². The largest absolute Gasteiger partial charge is 0.481 e. The maximum Gasteiger partial charge on any atom is 0.303 e. The average Bonchev–Trinajstić information content (AvgIpc) is 3.14. The zero-order valence-corrected chi connectivity index (χ0v) is 16.3. The number of hydrogen-bond acceptors (Lipinski definition) is 4. The normalized spacial score (nSPS) is 10.9. The fourth-order valence-corrected chi connectivity index (χ4v) is 3.51. The molecule has 3 aromatic rings. The van der Waals surface area contributed by atoms with Gasteiger partial charge in [0, 0.05) is 29.9 Å². The zero-order valence-electron chi connectivity index (χ0n) is 16.3. The maximum atomic E-state index is 13.7. The van der Waals surface area contributed by atoms with Gasteiger partial charge in [0.2, 0.25) is 5.91 Å². The smallest absolute Gasteiger partial charge is 0.303 e. The van der Waals surface area contributed by atoms with E-state index >= 15 is 0 Å². The number of benzene rings is 2. The monoisotopic (exact) mass is 410 g/mol. The van der Waals surface area contributed by atoms with Gasteiger partial charge in [0.1, 0.15) is 5.82 Å². The van der Waals surface area contributed by atoms with Gasteiger partial charge in [-0.1, -0.05) is 0 Å². The van der Waals surface area contributed by atoms with Gasteiger partial charge in [-0.3, -0.25) is 9.59 Å². The van der Waals surface area contributed by atoms with Crippen molar-refractivity contribution in [3.63, 3.8) is 0 Å². The molecular weight excluding hydrogens is 387 g/mol. The molecule has 0 aliphatic heterocycles. The lowest BCUT2D eigenvalue weighted by molar-refractivity contribution is -0.136. The molecule has 0 spiro atoms. The molecule has 0 saturated carbocycles. The summed E-state index contributed by atoms with van der Waals surface area (Å²) in [6.07, 6.45) is 0.212. The van der Waals surface area contributed by atoms with Gasteiger partial charge in [-0.05, 0) is 66.1 Å². The average molecular weight is 410 g/mol. The second kappa shape index (κ2) is 8.89. The number of rotatable bonds is 8. The summed E-state index contributed by atoms with van der Waals surface area (Å²) >= 11 is 0. The molecule has 0 radical (unpaired) electrons. The van der Waals surface area contributed by atoms with Crippen molar-refractivity contribution >= 4 is 11.9 Å². The molecule has 3 rings (SSSR count). The number of nitrogens with two attached hydrogens (primary N) is 3. The Balaban J connectivity index is 2.25. The van der Waals surface area contributed by atoms with Gasteiger partial charge < -0.3 is 26.9 Å². The quantitative estimate of drug-likeness (QED) is 0.452. The summed E-state index contributed by atoms with van der Waals surface area (Å²) in [5.74, 6) is -1.88. The van der Waals surface area contributed by atoms with Crippen LogP contribution in [0.5, 0.6) is 0 Å². The van der Waals surface area contributed by atoms with Crippen LogP contribution in [0, 0.1) is 5.82 Å². The van der Waals surface area contributed by atoms with Gasteiger partial charge in [0.15, 0.2) is 0 Å².